The van der Waals surface area contributed by atoms with Crippen LogP contribution in [0.25, 0.3) is 0 Å². The second-order valence-electron chi connectivity index (χ2n) is 5.83. The van der Waals surface area contributed by atoms with Crippen LogP contribution in [-0.2, 0) is 9.47 Å². The first-order valence-corrected chi connectivity index (χ1v) is 8.48. The van der Waals surface area contributed by atoms with Crippen LogP contribution in [0.4, 0.5) is 21.0 Å². The second-order valence-corrected chi connectivity index (χ2v) is 5.83. The average molecular weight is 371 g/mol. The lowest BCUT2D eigenvalue weighted by Gasteiger charge is -2.13. The molecule has 0 fully saturated rings. The molecule has 1 aliphatic rings. The zero-order valence-electron chi connectivity index (χ0n) is 14.9. The summed E-state index contributed by atoms with van der Waals surface area (Å²) in [7, 11) is 1.53. The number of nitrogens with one attached hydrogen (secondary N) is 3. The number of anilines is 2. The Morgan fingerprint density at radius 1 is 1.07 bits per heavy atom. The van der Waals surface area contributed by atoms with Crippen molar-refractivity contribution >= 4 is 23.5 Å². The number of hydrogen-bond acceptors (Lipinski definition) is 5. The fourth-order valence-electron chi connectivity index (χ4n) is 2.65. The van der Waals surface area contributed by atoms with Crippen molar-refractivity contribution in [2.45, 2.75) is 6.04 Å². The zero-order valence-corrected chi connectivity index (χ0v) is 14.9. The Morgan fingerprint density at radius 2 is 1.85 bits per heavy atom. The number of fused-ring (bicyclic) bond motifs is 1. The van der Waals surface area contributed by atoms with Crippen LogP contribution in [0.2, 0.25) is 0 Å². The Hall–Kier alpha value is -3.26. The molecular formula is C19H21N3O5. The Labute approximate surface area is 156 Å². The first-order valence-electron chi connectivity index (χ1n) is 8.48. The van der Waals surface area contributed by atoms with Crippen molar-refractivity contribution in [2.24, 2.45) is 0 Å². The van der Waals surface area contributed by atoms with Crippen molar-refractivity contribution in [1.29, 1.82) is 0 Å². The van der Waals surface area contributed by atoms with E-state index in [0.29, 0.717) is 24.6 Å². The highest BCUT2D eigenvalue weighted by atomic mass is 16.6. The predicted molar refractivity (Wildman–Crippen MR) is 100 cm³/mol. The van der Waals surface area contributed by atoms with Crippen molar-refractivity contribution in [2.75, 3.05) is 37.6 Å². The van der Waals surface area contributed by atoms with Crippen molar-refractivity contribution in [3.05, 3.63) is 54.1 Å². The largest absolute Gasteiger partial charge is 0.491 e. The predicted octanol–water partition coefficient (Wildman–Crippen LogP) is 3.14. The third kappa shape index (κ3) is 5.11. The number of benzene rings is 2. The number of methoxy groups -OCH3 is 1. The summed E-state index contributed by atoms with van der Waals surface area (Å²) in [6.45, 7) is 0.873. The van der Waals surface area contributed by atoms with Gasteiger partial charge in [-0.2, -0.15) is 0 Å². The number of amides is 3. The van der Waals surface area contributed by atoms with Gasteiger partial charge >= 0.3 is 12.1 Å². The van der Waals surface area contributed by atoms with E-state index in [2.05, 4.69) is 16.0 Å². The zero-order chi connectivity index (χ0) is 19.1. The van der Waals surface area contributed by atoms with Gasteiger partial charge in [0.25, 0.3) is 0 Å². The number of carbonyl (C=O) groups excluding carboxylic acids is 2. The molecule has 8 heteroatoms. The molecule has 8 nitrogen and oxygen atoms in total. The van der Waals surface area contributed by atoms with Crippen molar-refractivity contribution in [1.82, 2.24) is 5.32 Å². The molecule has 3 amide bonds. The fourth-order valence-corrected chi connectivity index (χ4v) is 2.65. The summed E-state index contributed by atoms with van der Waals surface area (Å²) >= 11 is 0. The van der Waals surface area contributed by atoms with Gasteiger partial charge in [0.05, 0.1) is 12.6 Å². The Kier molecular flexibility index (Phi) is 6.11. The number of rotatable bonds is 6. The Bertz CT molecular complexity index is 811. The van der Waals surface area contributed by atoms with Crippen LogP contribution < -0.4 is 20.7 Å². The van der Waals surface area contributed by atoms with E-state index in [4.69, 9.17) is 14.2 Å². The highest BCUT2D eigenvalue weighted by Crippen LogP contribution is 2.31. The molecule has 27 heavy (non-hydrogen) atoms. The van der Waals surface area contributed by atoms with Crippen LogP contribution in [-0.4, -0.2) is 39.1 Å². The van der Waals surface area contributed by atoms with Crippen LogP contribution in [0.1, 0.15) is 11.6 Å². The van der Waals surface area contributed by atoms with Gasteiger partial charge in [-0.3, -0.25) is 5.32 Å². The minimum atomic E-state index is -0.589. The third-order valence-electron chi connectivity index (χ3n) is 3.89. The summed E-state index contributed by atoms with van der Waals surface area (Å²) in [5.74, 6) is 0.779. The molecule has 0 aromatic heterocycles. The summed E-state index contributed by atoms with van der Waals surface area (Å²) in [5.41, 5.74) is 1.99. The summed E-state index contributed by atoms with van der Waals surface area (Å²) in [6, 6.07) is 13.8. The van der Waals surface area contributed by atoms with Crippen LogP contribution in [0.15, 0.2) is 48.5 Å². The maximum atomic E-state index is 12.3. The molecular weight excluding hydrogens is 350 g/mol. The molecule has 0 unspecified atom stereocenters. The van der Waals surface area contributed by atoms with E-state index >= 15 is 0 Å². The molecule has 142 valence electrons. The highest BCUT2D eigenvalue weighted by molar-refractivity contribution is 5.91. The highest BCUT2D eigenvalue weighted by Gasteiger charge is 2.25. The smallest absolute Gasteiger partial charge is 0.411 e. The lowest BCUT2D eigenvalue weighted by Crippen LogP contribution is -2.33. The standard InChI is InChI=1S/C19H21N3O5/c1-25-9-10-26-19(24)21-14-6-4-5-13(11-14)20-18(23)22-16-12-27-17-8-3-2-7-15(16)17/h2-8,11,16H,9-10,12H2,1H3,(H,21,24)(H2,20,22,23)/t16-/m0/s1. The van der Waals surface area contributed by atoms with Crippen LogP contribution in [0.3, 0.4) is 0 Å². The minimum Gasteiger partial charge on any atom is -0.491 e. The summed E-state index contributed by atoms with van der Waals surface area (Å²) in [6.07, 6.45) is -0.589. The van der Waals surface area contributed by atoms with Gasteiger partial charge in [-0.25, -0.2) is 9.59 Å². The van der Waals surface area contributed by atoms with E-state index in [0.717, 1.165) is 11.3 Å². The average Bonchev–Trinajstić information content (AvgIpc) is 3.05. The summed E-state index contributed by atoms with van der Waals surface area (Å²) < 4.78 is 15.3. The third-order valence-corrected chi connectivity index (χ3v) is 3.89. The van der Waals surface area contributed by atoms with E-state index < -0.39 is 6.09 Å². The maximum absolute atomic E-state index is 12.3. The first-order chi connectivity index (χ1) is 13.2. The van der Waals surface area contributed by atoms with E-state index in [1.165, 1.54) is 7.11 Å². The topological polar surface area (TPSA) is 97.9 Å². The van der Waals surface area contributed by atoms with E-state index in [1.807, 2.05) is 24.3 Å². The molecule has 2 aromatic carbocycles. The molecule has 0 radical (unpaired) electrons. The summed E-state index contributed by atoms with van der Waals surface area (Å²) in [4.78, 5) is 23.9. The summed E-state index contributed by atoms with van der Waals surface area (Å²) in [5, 5.41) is 8.22. The minimum absolute atomic E-state index is 0.160. The lowest BCUT2D eigenvalue weighted by atomic mass is 10.1. The maximum Gasteiger partial charge on any atom is 0.411 e. The molecule has 1 heterocycles. The number of urea groups is 1. The SMILES string of the molecule is COCCOC(=O)Nc1cccc(NC(=O)N[C@H]2COc3ccccc32)c1. The number of hydrogen-bond donors (Lipinski definition) is 3. The second kappa shape index (κ2) is 8.91. The van der Waals surface area contributed by atoms with Crippen molar-refractivity contribution in [3.8, 4) is 5.75 Å². The molecule has 3 rings (SSSR count). The molecule has 0 aliphatic carbocycles. The van der Waals surface area contributed by atoms with Crippen molar-refractivity contribution in [3.63, 3.8) is 0 Å². The molecule has 2 aromatic rings. The first kappa shape index (κ1) is 18.5. The van der Waals surface area contributed by atoms with E-state index in [-0.39, 0.29) is 18.7 Å². The van der Waals surface area contributed by atoms with Gasteiger partial charge in [-0.05, 0) is 24.3 Å². The van der Waals surface area contributed by atoms with Gasteiger partial charge in [0.15, 0.2) is 0 Å². The molecule has 0 spiro atoms. The number of para-hydroxylation sites is 1. The van der Waals surface area contributed by atoms with Gasteiger partial charge in [0, 0.05) is 24.0 Å². The molecule has 0 saturated carbocycles. The lowest BCUT2D eigenvalue weighted by molar-refractivity contribution is 0.107. The molecule has 0 bridgehead atoms. The number of carbonyl (C=O) groups is 2. The van der Waals surface area contributed by atoms with Gasteiger partial charge in [-0.15, -0.1) is 0 Å². The Morgan fingerprint density at radius 3 is 2.67 bits per heavy atom. The fraction of sp³-hybridized carbons (Fsp3) is 0.263. The monoisotopic (exact) mass is 371 g/mol. The molecule has 0 saturated heterocycles. The van der Waals surface area contributed by atoms with E-state index in [9.17, 15) is 9.59 Å². The van der Waals surface area contributed by atoms with Crippen LogP contribution >= 0.6 is 0 Å². The molecule has 1 aliphatic heterocycles. The van der Waals surface area contributed by atoms with Gasteiger partial charge in [-0.1, -0.05) is 24.3 Å². The number of ether oxygens (including phenoxy) is 3. The molecule has 1 atom stereocenters. The van der Waals surface area contributed by atoms with Gasteiger partial charge < -0.3 is 24.8 Å². The Balaban J connectivity index is 1.53. The quantitative estimate of drug-likeness (QED) is 0.678. The van der Waals surface area contributed by atoms with Crippen LogP contribution in [0.5, 0.6) is 5.75 Å². The van der Waals surface area contributed by atoms with Crippen molar-refractivity contribution < 1.29 is 23.8 Å². The molecule has 3 N–H and O–H groups in total. The van der Waals surface area contributed by atoms with E-state index in [1.54, 1.807) is 24.3 Å². The van der Waals surface area contributed by atoms with Crippen LogP contribution in [0, 0.1) is 0 Å². The van der Waals surface area contributed by atoms with Gasteiger partial charge in [0.2, 0.25) is 0 Å². The van der Waals surface area contributed by atoms with Gasteiger partial charge in [0.1, 0.15) is 19.0 Å². The normalized spacial score (nSPS) is 14.6.